The SMILES string of the molecule is COc1ccc(C(=O)N(C)C(C)CCl)c(OC)c1OC. The van der Waals surface area contributed by atoms with Crippen LogP contribution in [0.2, 0.25) is 0 Å². The summed E-state index contributed by atoms with van der Waals surface area (Å²) in [6, 6.07) is 3.25. The van der Waals surface area contributed by atoms with Gasteiger partial charge in [0.15, 0.2) is 11.5 Å². The van der Waals surface area contributed by atoms with E-state index in [0.29, 0.717) is 28.7 Å². The predicted molar refractivity (Wildman–Crippen MR) is 78.4 cm³/mol. The number of alkyl halides is 1. The average molecular weight is 302 g/mol. The van der Waals surface area contributed by atoms with Crippen LogP contribution in [0.15, 0.2) is 12.1 Å². The van der Waals surface area contributed by atoms with Crippen LogP contribution in [0, 0.1) is 0 Å². The molecule has 20 heavy (non-hydrogen) atoms. The molecule has 0 aliphatic rings. The van der Waals surface area contributed by atoms with Gasteiger partial charge in [-0.25, -0.2) is 0 Å². The number of hydrogen-bond donors (Lipinski definition) is 0. The van der Waals surface area contributed by atoms with Crippen molar-refractivity contribution in [2.75, 3.05) is 34.3 Å². The molecule has 0 saturated carbocycles. The summed E-state index contributed by atoms with van der Waals surface area (Å²) in [6.07, 6.45) is 0. The minimum Gasteiger partial charge on any atom is -0.493 e. The first-order valence-electron chi connectivity index (χ1n) is 6.13. The molecule has 0 spiro atoms. The number of carbonyl (C=O) groups is 1. The Morgan fingerprint density at radius 3 is 2.25 bits per heavy atom. The van der Waals surface area contributed by atoms with Crippen LogP contribution in [0.4, 0.5) is 0 Å². The molecule has 1 atom stereocenters. The van der Waals surface area contributed by atoms with E-state index in [2.05, 4.69) is 0 Å². The van der Waals surface area contributed by atoms with E-state index in [4.69, 9.17) is 25.8 Å². The first-order chi connectivity index (χ1) is 9.51. The number of ether oxygens (including phenoxy) is 3. The number of amides is 1. The third-order valence-electron chi connectivity index (χ3n) is 3.14. The highest BCUT2D eigenvalue weighted by Crippen LogP contribution is 2.40. The maximum atomic E-state index is 12.5. The van der Waals surface area contributed by atoms with Crippen LogP contribution >= 0.6 is 11.6 Å². The van der Waals surface area contributed by atoms with E-state index in [-0.39, 0.29) is 11.9 Å². The molecule has 0 bridgehead atoms. The Morgan fingerprint density at radius 1 is 1.20 bits per heavy atom. The Hall–Kier alpha value is -1.62. The lowest BCUT2D eigenvalue weighted by Gasteiger charge is -2.24. The zero-order valence-corrected chi connectivity index (χ0v) is 13.2. The average Bonchev–Trinajstić information content (AvgIpc) is 2.50. The lowest BCUT2D eigenvalue weighted by Crippen LogP contribution is -2.36. The second kappa shape index (κ2) is 7.24. The second-order valence-corrected chi connectivity index (χ2v) is 4.61. The van der Waals surface area contributed by atoms with Crippen LogP contribution in [0.5, 0.6) is 17.2 Å². The molecule has 1 aromatic carbocycles. The third-order valence-corrected chi connectivity index (χ3v) is 3.59. The molecule has 0 aliphatic carbocycles. The van der Waals surface area contributed by atoms with Gasteiger partial charge in [0.05, 0.1) is 26.9 Å². The molecular weight excluding hydrogens is 282 g/mol. The van der Waals surface area contributed by atoms with E-state index in [9.17, 15) is 4.79 Å². The summed E-state index contributed by atoms with van der Waals surface area (Å²) in [6.45, 7) is 1.87. The van der Waals surface area contributed by atoms with Crippen molar-refractivity contribution in [1.82, 2.24) is 4.90 Å². The zero-order chi connectivity index (χ0) is 15.3. The van der Waals surface area contributed by atoms with Gasteiger partial charge in [0.25, 0.3) is 5.91 Å². The van der Waals surface area contributed by atoms with E-state index < -0.39 is 0 Å². The molecule has 0 N–H and O–H groups in total. The van der Waals surface area contributed by atoms with E-state index in [0.717, 1.165) is 0 Å². The molecule has 1 rings (SSSR count). The van der Waals surface area contributed by atoms with Crippen LogP contribution in [-0.2, 0) is 0 Å². The quantitative estimate of drug-likeness (QED) is 0.757. The number of halogens is 1. The van der Waals surface area contributed by atoms with Crippen molar-refractivity contribution < 1.29 is 19.0 Å². The standard InChI is InChI=1S/C14H20ClNO4/c1-9(8-15)16(2)14(17)10-6-7-11(18-3)13(20-5)12(10)19-4/h6-7,9H,8H2,1-5H3. The molecule has 1 aromatic rings. The van der Waals surface area contributed by atoms with Gasteiger partial charge in [0, 0.05) is 19.0 Å². The Kier molecular flexibility index (Phi) is 5.95. The zero-order valence-electron chi connectivity index (χ0n) is 12.4. The summed E-state index contributed by atoms with van der Waals surface area (Å²) in [4.78, 5) is 14.0. The topological polar surface area (TPSA) is 48.0 Å². The molecule has 0 fully saturated rings. The van der Waals surface area contributed by atoms with Gasteiger partial charge in [-0.3, -0.25) is 4.79 Å². The van der Waals surface area contributed by atoms with Crippen LogP contribution in [0.3, 0.4) is 0 Å². The number of nitrogens with zero attached hydrogens (tertiary/aromatic N) is 1. The minimum atomic E-state index is -0.184. The number of benzene rings is 1. The Labute approximate surface area is 124 Å². The molecule has 0 aliphatic heterocycles. The largest absolute Gasteiger partial charge is 0.493 e. The highest BCUT2D eigenvalue weighted by Gasteiger charge is 2.24. The van der Waals surface area contributed by atoms with Gasteiger partial charge in [-0.2, -0.15) is 0 Å². The molecule has 0 aromatic heterocycles. The fraction of sp³-hybridized carbons (Fsp3) is 0.500. The fourth-order valence-corrected chi connectivity index (χ4v) is 1.97. The van der Waals surface area contributed by atoms with Crippen LogP contribution in [-0.4, -0.2) is 51.1 Å². The van der Waals surface area contributed by atoms with Crippen LogP contribution < -0.4 is 14.2 Å². The lowest BCUT2D eigenvalue weighted by molar-refractivity contribution is 0.0752. The predicted octanol–water partition coefficient (Wildman–Crippen LogP) is 2.41. The van der Waals surface area contributed by atoms with Gasteiger partial charge in [0.1, 0.15) is 0 Å². The first kappa shape index (κ1) is 16.4. The highest BCUT2D eigenvalue weighted by molar-refractivity contribution is 6.18. The Balaban J connectivity index is 3.28. The highest BCUT2D eigenvalue weighted by atomic mass is 35.5. The summed E-state index contributed by atoms with van der Waals surface area (Å²) in [7, 11) is 6.21. The monoisotopic (exact) mass is 301 g/mol. The van der Waals surface area contributed by atoms with E-state index in [1.807, 2.05) is 6.92 Å². The maximum absolute atomic E-state index is 12.5. The normalized spacial score (nSPS) is 11.7. The number of carbonyl (C=O) groups excluding carboxylic acids is 1. The smallest absolute Gasteiger partial charge is 0.257 e. The van der Waals surface area contributed by atoms with Crippen LogP contribution in [0.25, 0.3) is 0 Å². The molecule has 0 heterocycles. The molecule has 6 heteroatoms. The van der Waals surface area contributed by atoms with Crippen molar-refractivity contribution in [3.63, 3.8) is 0 Å². The molecule has 1 amide bonds. The summed E-state index contributed by atoms with van der Waals surface area (Å²) < 4.78 is 15.8. The van der Waals surface area contributed by atoms with Gasteiger partial charge >= 0.3 is 0 Å². The summed E-state index contributed by atoms with van der Waals surface area (Å²) in [5, 5.41) is 0. The minimum absolute atomic E-state index is 0.0815. The maximum Gasteiger partial charge on any atom is 0.257 e. The van der Waals surface area contributed by atoms with E-state index in [1.165, 1.54) is 21.3 Å². The molecule has 5 nitrogen and oxygen atoms in total. The molecule has 112 valence electrons. The van der Waals surface area contributed by atoms with Gasteiger partial charge in [-0.05, 0) is 19.1 Å². The molecular formula is C14H20ClNO4. The molecule has 0 radical (unpaired) electrons. The summed E-state index contributed by atoms with van der Waals surface area (Å²) in [5.41, 5.74) is 0.407. The third kappa shape index (κ3) is 3.10. The van der Waals surface area contributed by atoms with Gasteiger partial charge < -0.3 is 19.1 Å². The van der Waals surface area contributed by atoms with E-state index in [1.54, 1.807) is 24.1 Å². The molecule has 1 unspecified atom stereocenters. The lowest BCUT2D eigenvalue weighted by atomic mass is 10.1. The van der Waals surface area contributed by atoms with Crippen molar-refractivity contribution >= 4 is 17.5 Å². The number of methoxy groups -OCH3 is 3. The summed E-state index contributed by atoms with van der Waals surface area (Å²) in [5.74, 6) is 1.43. The van der Waals surface area contributed by atoms with Crippen molar-refractivity contribution in [3.05, 3.63) is 17.7 Å². The number of hydrogen-bond acceptors (Lipinski definition) is 4. The fourth-order valence-electron chi connectivity index (χ4n) is 1.76. The first-order valence-corrected chi connectivity index (χ1v) is 6.67. The number of rotatable bonds is 6. The Morgan fingerprint density at radius 2 is 1.80 bits per heavy atom. The van der Waals surface area contributed by atoms with Crippen molar-refractivity contribution in [2.24, 2.45) is 0 Å². The second-order valence-electron chi connectivity index (χ2n) is 4.30. The van der Waals surface area contributed by atoms with Crippen molar-refractivity contribution in [1.29, 1.82) is 0 Å². The van der Waals surface area contributed by atoms with E-state index >= 15 is 0 Å². The summed E-state index contributed by atoms with van der Waals surface area (Å²) >= 11 is 5.79. The Bertz CT molecular complexity index is 478. The van der Waals surface area contributed by atoms with Gasteiger partial charge in [-0.1, -0.05) is 0 Å². The van der Waals surface area contributed by atoms with Crippen molar-refractivity contribution in [3.8, 4) is 17.2 Å². The molecule has 0 saturated heterocycles. The van der Waals surface area contributed by atoms with Crippen molar-refractivity contribution in [2.45, 2.75) is 13.0 Å². The van der Waals surface area contributed by atoms with Gasteiger partial charge in [0.2, 0.25) is 5.75 Å². The van der Waals surface area contributed by atoms with Gasteiger partial charge in [-0.15, -0.1) is 11.6 Å². The van der Waals surface area contributed by atoms with Crippen LogP contribution in [0.1, 0.15) is 17.3 Å².